The molecular weight excluding hydrogens is 238 g/mol. The fourth-order valence-electron chi connectivity index (χ4n) is 2.65. The number of nitrogens with zero attached hydrogens (tertiary/aromatic N) is 2. The minimum absolute atomic E-state index is 0.0131. The third-order valence-corrected chi connectivity index (χ3v) is 4.18. The number of nitrogens with one attached hydrogen (secondary N) is 1. The smallest absolute Gasteiger partial charge is 0.262 e. The first kappa shape index (κ1) is 12.2. The summed E-state index contributed by atoms with van der Waals surface area (Å²) in [5, 5.41) is 4.12. The van der Waals surface area contributed by atoms with Crippen LogP contribution in [0.3, 0.4) is 0 Å². The highest BCUT2D eigenvalue weighted by Crippen LogP contribution is 2.34. The SMILES string of the molecule is Cc1cccc2c(=O)n(C)c(NC3(C)CCC3)nc12. The molecule has 1 heterocycles. The lowest BCUT2D eigenvalue weighted by molar-refractivity contribution is 0.303. The van der Waals surface area contributed by atoms with E-state index < -0.39 is 0 Å². The summed E-state index contributed by atoms with van der Waals surface area (Å²) in [6.45, 7) is 4.17. The van der Waals surface area contributed by atoms with Crippen molar-refractivity contribution < 1.29 is 0 Å². The van der Waals surface area contributed by atoms with E-state index in [1.54, 1.807) is 11.6 Å². The molecule has 0 unspecified atom stereocenters. The van der Waals surface area contributed by atoms with Crippen LogP contribution in [0.2, 0.25) is 0 Å². The molecule has 1 fully saturated rings. The number of para-hydroxylation sites is 1. The molecule has 0 spiro atoms. The van der Waals surface area contributed by atoms with Gasteiger partial charge in [0.15, 0.2) is 0 Å². The Morgan fingerprint density at radius 2 is 2.11 bits per heavy atom. The van der Waals surface area contributed by atoms with E-state index in [0.717, 1.165) is 23.9 Å². The zero-order valence-electron chi connectivity index (χ0n) is 11.7. The van der Waals surface area contributed by atoms with Crippen LogP contribution in [0.4, 0.5) is 5.95 Å². The summed E-state index contributed by atoms with van der Waals surface area (Å²) in [7, 11) is 1.78. The number of benzene rings is 1. The van der Waals surface area contributed by atoms with Gasteiger partial charge in [-0.05, 0) is 44.7 Å². The second kappa shape index (κ2) is 4.08. The van der Waals surface area contributed by atoms with Crippen molar-refractivity contribution in [1.82, 2.24) is 9.55 Å². The predicted molar refractivity (Wildman–Crippen MR) is 77.6 cm³/mol. The highest BCUT2D eigenvalue weighted by Gasteiger charge is 2.32. The van der Waals surface area contributed by atoms with E-state index in [2.05, 4.69) is 17.2 Å². The first-order valence-electron chi connectivity index (χ1n) is 6.75. The van der Waals surface area contributed by atoms with Gasteiger partial charge in [-0.15, -0.1) is 0 Å². The Labute approximate surface area is 112 Å². The van der Waals surface area contributed by atoms with Gasteiger partial charge in [0, 0.05) is 12.6 Å². The Morgan fingerprint density at radius 3 is 2.74 bits per heavy atom. The molecule has 0 bridgehead atoms. The van der Waals surface area contributed by atoms with Gasteiger partial charge in [0.25, 0.3) is 5.56 Å². The average Bonchev–Trinajstić information content (AvgIpc) is 2.35. The zero-order valence-corrected chi connectivity index (χ0v) is 11.7. The third kappa shape index (κ3) is 1.91. The molecular formula is C15H19N3O. The molecule has 1 aromatic heterocycles. The van der Waals surface area contributed by atoms with E-state index in [1.165, 1.54) is 6.42 Å². The Bertz CT molecular complexity index is 698. The van der Waals surface area contributed by atoms with Crippen molar-refractivity contribution in [3.63, 3.8) is 0 Å². The molecule has 100 valence electrons. The molecule has 4 heteroatoms. The van der Waals surface area contributed by atoms with Crippen molar-refractivity contribution in [1.29, 1.82) is 0 Å². The summed E-state index contributed by atoms with van der Waals surface area (Å²) in [5.74, 6) is 0.675. The lowest BCUT2D eigenvalue weighted by Gasteiger charge is -2.39. The van der Waals surface area contributed by atoms with Crippen LogP contribution in [0.15, 0.2) is 23.0 Å². The molecule has 19 heavy (non-hydrogen) atoms. The number of fused-ring (bicyclic) bond motifs is 1. The normalized spacial score (nSPS) is 17.2. The number of hydrogen-bond acceptors (Lipinski definition) is 3. The summed E-state index contributed by atoms with van der Waals surface area (Å²) < 4.78 is 1.62. The maximum Gasteiger partial charge on any atom is 0.262 e. The molecule has 1 aliphatic rings. The van der Waals surface area contributed by atoms with Gasteiger partial charge in [0.1, 0.15) is 0 Å². The highest BCUT2D eigenvalue weighted by atomic mass is 16.1. The fourth-order valence-corrected chi connectivity index (χ4v) is 2.65. The van der Waals surface area contributed by atoms with Crippen LogP contribution >= 0.6 is 0 Å². The number of aromatic nitrogens is 2. The molecule has 2 aromatic rings. The molecule has 0 radical (unpaired) electrons. The predicted octanol–water partition coefficient (Wildman–Crippen LogP) is 2.60. The van der Waals surface area contributed by atoms with Crippen LogP contribution in [-0.2, 0) is 7.05 Å². The van der Waals surface area contributed by atoms with Gasteiger partial charge >= 0.3 is 0 Å². The van der Waals surface area contributed by atoms with Gasteiger partial charge < -0.3 is 5.32 Å². The summed E-state index contributed by atoms with van der Waals surface area (Å²) >= 11 is 0. The van der Waals surface area contributed by atoms with Gasteiger partial charge in [0.2, 0.25) is 5.95 Å². The van der Waals surface area contributed by atoms with Crippen LogP contribution in [0.25, 0.3) is 10.9 Å². The van der Waals surface area contributed by atoms with E-state index in [1.807, 2.05) is 25.1 Å². The third-order valence-electron chi connectivity index (χ3n) is 4.18. The van der Waals surface area contributed by atoms with Crippen LogP contribution < -0.4 is 10.9 Å². The molecule has 0 aliphatic heterocycles. The fraction of sp³-hybridized carbons (Fsp3) is 0.467. The van der Waals surface area contributed by atoms with Gasteiger partial charge in [-0.3, -0.25) is 9.36 Å². The van der Waals surface area contributed by atoms with Gasteiger partial charge in [0.05, 0.1) is 10.9 Å². The zero-order chi connectivity index (χ0) is 13.6. The molecule has 3 rings (SSSR count). The molecule has 4 nitrogen and oxygen atoms in total. The van der Waals surface area contributed by atoms with Gasteiger partial charge in [-0.25, -0.2) is 4.98 Å². The summed E-state index contributed by atoms with van der Waals surface area (Å²) in [6, 6.07) is 5.73. The standard InChI is InChI=1S/C15H19N3O/c1-10-6-4-7-11-12(10)16-14(18(3)13(11)19)17-15(2)8-5-9-15/h4,6-7H,5,8-9H2,1-3H3,(H,16,17). The first-order valence-corrected chi connectivity index (χ1v) is 6.75. The van der Waals surface area contributed by atoms with Crippen LogP contribution in [-0.4, -0.2) is 15.1 Å². The number of hydrogen-bond donors (Lipinski definition) is 1. The van der Waals surface area contributed by atoms with Crippen molar-refractivity contribution >= 4 is 16.9 Å². The van der Waals surface area contributed by atoms with Crippen LogP contribution in [0.5, 0.6) is 0 Å². The largest absolute Gasteiger partial charge is 0.350 e. The molecule has 1 aromatic carbocycles. The van der Waals surface area contributed by atoms with Crippen molar-refractivity contribution in [3.8, 4) is 0 Å². The van der Waals surface area contributed by atoms with E-state index in [4.69, 9.17) is 0 Å². The Kier molecular flexibility index (Phi) is 2.62. The van der Waals surface area contributed by atoms with Crippen molar-refractivity contribution in [2.45, 2.75) is 38.6 Å². The number of rotatable bonds is 2. The first-order chi connectivity index (χ1) is 9.00. The monoisotopic (exact) mass is 257 g/mol. The molecule has 0 amide bonds. The van der Waals surface area contributed by atoms with Crippen molar-refractivity contribution in [2.24, 2.45) is 7.05 Å². The Hall–Kier alpha value is -1.84. The molecule has 0 atom stereocenters. The van der Waals surface area contributed by atoms with E-state index >= 15 is 0 Å². The second-order valence-corrected chi connectivity index (χ2v) is 5.81. The van der Waals surface area contributed by atoms with E-state index in [0.29, 0.717) is 11.3 Å². The summed E-state index contributed by atoms with van der Waals surface area (Å²) in [6.07, 6.45) is 3.51. The minimum atomic E-state index is 0.0131. The lowest BCUT2D eigenvalue weighted by atomic mass is 9.79. The molecule has 1 aliphatic carbocycles. The highest BCUT2D eigenvalue weighted by molar-refractivity contribution is 5.81. The Balaban J connectivity index is 2.17. The van der Waals surface area contributed by atoms with E-state index in [9.17, 15) is 4.79 Å². The number of aryl methyl sites for hydroxylation is 1. The van der Waals surface area contributed by atoms with Gasteiger partial charge in [-0.1, -0.05) is 12.1 Å². The second-order valence-electron chi connectivity index (χ2n) is 5.81. The van der Waals surface area contributed by atoms with Crippen molar-refractivity contribution in [2.75, 3.05) is 5.32 Å². The average molecular weight is 257 g/mol. The molecule has 1 N–H and O–H groups in total. The van der Waals surface area contributed by atoms with Crippen LogP contribution in [0.1, 0.15) is 31.7 Å². The lowest BCUT2D eigenvalue weighted by Crippen LogP contribution is -2.43. The van der Waals surface area contributed by atoms with Crippen molar-refractivity contribution in [3.05, 3.63) is 34.1 Å². The van der Waals surface area contributed by atoms with Crippen LogP contribution in [0, 0.1) is 6.92 Å². The summed E-state index contributed by atoms with van der Waals surface area (Å²) in [4.78, 5) is 17.0. The maximum atomic E-state index is 12.4. The van der Waals surface area contributed by atoms with Gasteiger partial charge in [-0.2, -0.15) is 0 Å². The van der Waals surface area contributed by atoms with E-state index in [-0.39, 0.29) is 11.1 Å². The summed E-state index contributed by atoms with van der Waals surface area (Å²) in [5.41, 5.74) is 1.94. The topological polar surface area (TPSA) is 46.9 Å². The molecule has 0 saturated heterocycles. The minimum Gasteiger partial charge on any atom is -0.350 e. The number of anilines is 1. The Morgan fingerprint density at radius 1 is 1.37 bits per heavy atom. The molecule has 1 saturated carbocycles. The maximum absolute atomic E-state index is 12.4. The quantitative estimate of drug-likeness (QED) is 0.899.